The number of aromatic nitrogens is 1. The van der Waals surface area contributed by atoms with Crippen LogP contribution in [0.2, 0.25) is 0 Å². The smallest absolute Gasteiger partial charge is 0.245 e. The van der Waals surface area contributed by atoms with Crippen molar-refractivity contribution in [2.45, 2.75) is 33.0 Å². The Kier molecular flexibility index (Phi) is 5.20. The Bertz CT molecular complexity index is 839. The summed E-state index contributed by atoms with van der Waals surface area (Å²) in [5.74, 6) is -1.48. The van der Waals surface area contributed by atoms with Crippen molar-refractivity contribution < 1.29 is 18.7 Å². The van der Waals surface area contributed by atoms with Crippen molar-refractivity contribution >= 4 is 12.1 Å². The van der Waals surface area contributed by atoms with Crippen LogP contribution in [0.1, 0.15) is 30.3 Å². The summed E-state index contributed by atoms with van der Waals surface area (Å²) in [4.78, 5) is 12.0. The molecule has 2 heterocycles. The fraction of sp³-hybridized carbons (Fsp3) is 0.368. The van der Waals surface area contributed by atoms with E-state index in [1.807, 2.05) is 24.5 Å². The molecule has 0 unspecified atom stereocenters. The molecule has 0 atom stereocenters. The molecule has 1 aliphatic rings. The van der Waals surface area contributed by atoms with Gasteiger partial charge < -0.3 is 14.0 Å². The van der Waals surface area contributed by atoms with Crippen LogP contribution in [0.5, 0.6) is 0 Å². The zero-order valence-corrected chi connectivity index (χ0v) is 15.1. The topological polar surface area (TPSA) is 64.8 Å². The number of nitrogens with zero attached hydrogens (tertiary/aromatic N) is 2. The van der Waals surface area contributed by atoms with Crippen LogP contribution in [0.15, 0.2) is 35.4 Å². The first-order chi connectivity index (χ1) is 12.4. The minimum Gasteiger partial charge on any atom is -0.347 e. The molecule has 26 heavy (non-hydrogen) atoms. The lowest BCUT2D eigenvalue weighted by Gasteiger charge is -2.20. The third-order valence-corrected chi connectivity index (χ3v) is 4.34. The number of ether oxygens (including phenoxy) is 2. The van der Waals surface area contributed by atoms with Gasteiger partial charge in [-0.3, -0.25) is 4.79 Å². The predicted molar refractivity (Wildman–Crippen MR) is 95.9 cm³/mol. The summed E-state index contributed by atoms with van der Waals surface area (Å²) in [5.41, 5.74) is 5.46. The lowest BCUT2D eigenvalue weighted by atomic mass is 10.2. The van der Waals surface area contributed by atoms with E-state index in [0.29, 0.717) is 18.9 Å². The fourth-order valence-electron chi connectivity index (χ4n) is 3.09. The number of aryl methyl sites for hydroxylation is 1. The number of rotatable bonds is 5. The van der Waals surface area contributed by atoms with E-state index in [4.69, 9.17) is 9.47 Å². The summed E-state index contributed by atoms with van der Waals surface area (Å²) < 4.78 is 26.7. The number of amides is 1. The maximum atomic E-state index is 14.1. The summed E-state index contributed by atoms with van der Waals surface area (Å²) >= 11 is 0. The summed E-state index contributed by atoms with van der Waals surface area (Å²) in [7, 11) is 0. The molecule has 7 heteroatoms. The van der Waals surface area contributed by atoms with Gasteiger partial charge in [0, 0.05) is 17.0 Å². The molecule has 0 spiro atoms. The molecule has 0 aliphatic carbocycles. The van der Waals surface area contributed by atoms with Gasteiger partial charge in [-0.25, -0.2) is 9.82 Å². The molecule has 1 aromatic heterocycles. The number of carbonyl (C=O) groups excluding carboxylic acids is 1. The maximum Gasteiger partial charge on any atom is 0.245 e. The van der Waals surface area contributed by atoms with Crippen LogP contribution in [0.3, 0.4) is 0 Å². The van der Waals surface area contributed by atoms with Gasteiger partial charge in [-0.2, -0.15) is 5.10 Å². The quantitative estimate of drug-likeness (QED) is 0.659. The average molecular weight is 359 g/mol. The van der Waals surface area contributed by atoms with Crippen molar-refractivity contribution in [3.8, 4) is 5.69 Å². The summed E-state index contributed by atoms with van der Waals surface area (Å²) in [6.45, 7) is 6.46. The van der Waals surface area contributed by atoms with Gasteiger partial charge in [0.2, 0.25) is 5.91 Å². The number of para-hydroxylation sites is 1. The molecule has 0 bridgehead atoms. The van der Waals surface area contributed by atoms with E-state index in [-0.39, 0.29) is 18.1 Å². The molecular weight excluding hydrogens is 337 g/mol. The van der Waals surface area contributed by atoms with Crippen molar-refractivity contribution in [2.75, 3.05) is 13.2 Å². The van der Waals surface area contributed by atoms with Gasteiger partial charge in [0.15, 0.2) is 5.79 Å². The Balaban J connectivity index is 1.71. The molecule has 1 N–H and O–H groups in total. The van der Waals surface area contributed by atoms with Crippen molar-refractivity contribution in [2.24, 2.45) is 5.10 Å². The van der Waals surface area contributed by atoms with Crippen LogP contribution >= 0.6 is 0 Å². The first-order valence-electron chi connectivity index (χ1n) is 8.43. The number of hydrogen-bond donors (Lipinski definition) is 1. The molecule has 6 nitrogen and oxygen atoms in total. The maximum absolute atomic E-state index is 14.1. The van der Waals surface area contributed by atoms with Crippen LogP contribution in [0, 0.1) is 19.7 Å². The van der Waals surface area contributed by atoms with E-state index in [1.165, 1.54) is 6.07 Å². The van der Waals surface area contributed by atoms with Crippen molar-refractivity contribution in [3.05, 3.63) is 53.1 Å². The van der Waals surface area contributed by atoms with Gasteiger partial charge in [-0.1, -0.05) is 12.1 Å². The molecule has 2 aromatic rings. The number of hydrogen-bond acceptors (Lipinski definition) is 4. The minimum absolute atomic E-state index is 0.0680. The Labute approximate surface area is 151 Å². The van der Waals surface area contributed by atoms with Crippen molar-refractivity contribution in [3.63, 3.8) is 0 Å². The molecule has 1 fully saturated rings. The van der Waals surface area contributed by atoms with Gasteiger partial charge in [-0.15, -0.1) is 0 Å². The van der Waals surface area contributed by atoms with Crippen LogP contribution in [0.25, 0.3) is 5.69 Å². The highest BCUT2D eigenvalue weighted by Gasteiger charge is 2.33. The third-order valence-electron chi connectivity index (χ3n) is 4.34. The summed E-state index contributed by atoms with van der Waals surface area (Å²) in [6, 6.07) is 8.49. The zero-order valence-electron chi connectivity index (χ0n) is 15.1. The SMILES string of the molecule is Cc1cc(/C=N/NC(=O)CC2(C)OCCO2)c(C)n1-c1ccccc1F. The van der Waals surface area contributed by atoms with Gasteiger partial charge >= 0.3 is 0 Å². The van der Waals surface area contributed by atoms with Gasteiger partial charge in [-0.05, 0) is 39.0 Å². The Morgan fingerprint density at radius 2 is 2.04 bits per heavy atom. The van der Waals surface area contributed by atoms with Gasteiger partial charge in [0.05, 0.1) is 31.5 Å². The second kappa shape index (κ2) is 7.39. The first-order valence-corrected chi connectivity index (χ1v) is 8.43. The lowest BCUT2D eigenvalue weighted by molar-refractivity contribution is -0.159. The highest BCUT2D eigenvalue weighted by Crippen LogP contribution is 2.23. The van der Waals surface area contributed by atoms with E-state index in [1.54, 1.807) is 31.3 Å². The minimum atomic E-state index is -0.889. The van der Waals surface area contributed by atoms with Crippen LogP contribution in [0.4, 0.5) is 4.39 Å². The summed E-state index contributed by atoms with van der Waals surface area (Å²) in [5, 5.41) is 4.00. The van der Waals surface area contributed by atoms with Crippen molar-refractivity contribution in [1.29, 1.82) is 0 Å². The molecule has 1 amide bonds. The van der Waals surface area contributed by atoms with Crippen LogP contribution in [-0.4, -0.2) is 35.7 Å². The highest BCUT2D eigenvalue weighted by atomic mass is 19.1. The lowest BCUT2D eigenvalue weighted by Crippen LogP contribution is -2.33. The summed E-state index contributed by atoms with van der Waals surface area (Å²) in [6.07, 6.45) is 1.62. The second-order valence-electron chi connectivity index (χ2n) is 6.41. The van der Waals surface area contributed by atoms with Gasteiger partial charge in [0.1, 0.15) is 5.82 Å². The zero-order chi connectivity index (χ0) is 18.7. The number of halogens is 1. The monoisotopic (exact) mass is 359 g/mol. The van der Waals surface area contributed by atoms with E-state index >= 15 is 0 Å². The highest BCUT2D eigenvalue weighted by molar-refractivity contribution is 5.84. The van der Waals surface area contributed by atoms with Crippen LogP contribution < -0.4 is 5.43 Å². The van der Waals surface area contributed by atoms with E-state index in [0.717, 1.165) is 17.0 Å². The largest absolute Gasteiger partial charge is 0.347 e. The third kappa shape index (κ3) is 3.84. The van der Waals surface area contributed by atoms with E-state index in [2.05, 4.69) is 10.5 Å². The van der Waals surface area contributed by atoms with E-state index < -0.39 is 5.79 Å². The second-order valence-corrected chi connectivity index (χ2v) is 6.41. The van der Waals surface area contributed by atoms with Crippen LogP contribution in [-0.2, 0) is 14.3 Å². The van der Waals surface area contributed by atoms with Crippen molar-refractivity contribution in [1.82, 2.24) is 9.99 Å². The number of benzene rings is 1. The molecule has 1 aromatic carbocycles. The average Bonchev–Trinajstić information content (AvgIpc) is 3.12. The molecule has 0 radical (unpaired) electrons. The molecule has 1 aliphatic heterocycles. The van der Waals surface area contributed by atoms with Gasteiger partial charge in [0.25, 0.3) is 0 Å². The molecular formula is C19H22FN3O3. The molecule has 1 saturated heterocycles. The molecule has 138 valence electrons. The number of carbonyl (C=O) groups is 1. The Morgan fingerprint density at radius 3 is 2.73 bits per heavy atom. The van der Waals surface area contributed by atoms with E-state index in [9.17, 15) is 9.18 Å². The molecule has 3 rings (SSSR count). The standard InChI is InChI=1S/C19H22FN3O3/c1-13-10-15(14(2)23(13)17-7-5-4-6-16(17)20)12-21-22-18(24)11-19(3)25-8-9-26-19/h4-7,10,12H,8-9,11H2,1-3H3,(H,22,24)/b21-12+. The molecule has 0 saturated carbocycles. The number of hydrazone groups is 1. The normalized spacial score (nSPS) is 16.3. The predicted octanol–water partition coefficient (Wildman–Crippen LogP) is 2.84. The number of nitrogens with one attached hydrogen (secondary N) is 1. The Morgan fingerprint density at radius 1 is 1.35 bits per heavy atom. The Hall–Kier alpha value is -2.51. The first kappa shape index (κ1) is 18.3. The fourth-order valence-corrected chi connectivity index (χ4v) is 3.09.